The van der Waals surface area contributed by atoms with Gasteiger partial charge in [0.15, 0.2) is 0 Å². The number of aliphatic hydroxyl groups excluding tert-OH is 1. The third-order valence-electron chi connectivity index (χ3n) is 3.45. The van der Waals surface area contributed by atoms with Crippen molar-refractivity contribution in [3.05, 3.63) is 28.8 Å². The number of β-amino-alcohol motifs (C(OH)–C–C–N with tert-alkyl or cyclic N) is 1. The van der Waals surface area contributed by atoms with Gasteiger partial charge in [0.2, 0.25) is 10.0 Å². The molecule has 0 radical (unpaired) electrons. The van der Waals surface area contributed by atoms with Crippen LogP contribution in [0.1, 0.15) is 5.56 Å². The van der Waals surface area contributed by atoms with E-state index in [4.69, 9.17) is 16.7 Å². The monoisotopic (exact) mass is 318 g/mol. The molecule has 0 bridgehead atoms. The standard InChI is InChI=1S/C13H19ClN2O3S/c1-11-2-3-13(12(14)10-11)20(18,19)16-6-4-15(5-7-16)8-9-17/h2-3,10,17H,4-9H2,1H3. The smallest absolute Gasteiger partial charge is 0.244 e. The van der Waals surface area contributed by atoms with Crippen molar-refractivity contribution in [2.75, 3.05) is 39.3 Å². The summed E-state index contributed by atoms with van der Waals surface area (Å²) in [6, 6.07) is 4.98. The van der Waals surface area contributed by atoms with Crippen molar-refractivity contribution in [2.24, 2.45) is 0 Å². The zero-order valence-electron chi connectivity index (χ0n) is 11.4. The van der Waals surface area contributed by atoms with E-state index in [2.05, 4.69) is 0 Å². The summed E-state index contributed by atoms with van der Waals surface area (Å²) in [4.78, 5) is 2.21. The van der Waals surface area contributed by atoms with Crippen molar-refractivity contribution < 1.29 is 13.5 Å². The molecule has 1 fully saturated rings. The average Bonchev–Trinajstić information content (AvgIpc) is 2.39. The Hall–Kier alpha value is -0.660. The van der Waals surface area contributed by atoms with Crippen LogP contribution in [-0.2, 0) is 10.0 Å². The van der Waals surface area contributed by atoms with Gasteiger partial charge >= 0.3 is 0 Å². The number of aryl methyl sites for hydroxylation is 1. The van der Waals surface area contributed by atoms with Gasteiger partial charge in [0.1, 0.15) is 4.90 Å². The minimum atomic E-state index is -3.54. The first-order chi connectivity index (χ1) is 9.45. The molecule has 112 valence electrons. The first-order valence-corrected chi connectivity index (χ1v) is 8.36. The second-order valence-corrected chi connectivity index (χ2v) is 7.22. The van der Waals surface area contributed by atoms with Gasteiger partial charge in [0, 0.05) is 32.7 Å². The fourth-order valence-electron chi connectivity index (χ4n) is 2.29. The van der Waals surface area contributed by atoms with E-state index in [1.54, 1.807) is 18.2 Å². The zero-order chi connectivity index (χ0) is 14.8. The molecule has 0 saturated carbocycles. The maximum Gasteiger partial charge on any atom is 0.244 e. The molecule has 20 heavy (non-hydrogen) atoms. The number of halogens is 1. The van der Waals surface area contributed by atoms with Crippen LogP contribution in [0.25, 0.3) is 0 Å². The lowest BCUT2D eigenvalue weighted by Crippen LogP contribution is -2.49. The van der Waals surface area contributed by atoms with Gasteiger partial charge in [-0.05, 0) is 24.6 Å². The Bertz CT molecular complexity index is 569. The Balaban J connectivity index is 2.15. The first-order valence-electron chi connectivity index (χ1n) is 6.54. The first kappa shape index (κ1) is 15.7. The number of nitrogens with zero attached hydrogens (tertiary/aromatic N) is 2. The lowest BCUT2D eigenvalue weighted by molar-refractivity contribution is 0.151. The number of hydrogen-bond acceptors (Lipinski definition) is 4. The third kappa shape index (κ3) is 3.32. The highest BCUT2D eigenvalue weighted by Gasteiger charge is 2.29. The number of benzene rings is 1. The van der Waals surface area contributed by atoms with E-state index in [0.717, 1.165) is 5.56 Å². The Morgan fingerprint density at radius 1 is 1.25 bits per heavy atom. The van der Waals surface area contributed by atoms with Crippen molar-refractivity contribution >= 4 is 21.6 Å². The van der Waals surface area contributed by atoms with E-state index in [-0.39, 0.29) is 16.5 Å². The zero-order valence-corrected chi connectivity index (χ0v) is 13.0. The summed E-state index contributed by atoms with van der Waals surface area (Å²) in [5.74, 6) is 0. The van der Waals surface area contributed by atoms with Crippen LogP contribution in [-0.4, -0.2) is 62.1 Å². The molecule has 1 saturated heterocycles. The fraction of sp³-hybridized carbons (Fsp3) is 0.538. The van der Waals surface area contributed by atoms with E-state index in [9.17, 15) is 8.42 Å². The molecule has 0 aliphatic carbocycles. The molecule has 1 heterocycles. The molecule has 0 unspecified atom stereocenters. The number of hydrogen-bond donors (Lipinski definition) is 1. The highest BCUT2D eigenvalue weighted by Crippen LogP contribution is 2.26. The molecule has 0 aromatic heterocycles. The molecule has 1 N–H and O–H groups in total. The fourth-order valence-corrected chi connectivity index (χ4v) is 4.28. The maximum atomic E-state index is 12.6. The SMILES string of the molecule is Cc1ccc(S(=O)(=O)N2CCN(CCO)CC2)c(Cl)c1. The van der Waals surface area contributed by atoms with Crippen LogP contribution in [0.3, 0.4) is 0 Å². The van der Waals surface area contributed by atoms with Crippen LogP contribution in [0.4, 0.5) is 0 Å². The molecule has 1 aliphatic heterocycles. The van der Waals surface area contributed by atoms with Crippen molar-refractivity contribution in [3.63, 3.8) is 0 Å². The van der Waals surface area contributed by atoms with Crippen molar-refractivity contribution in [1.29, 1.82) is 0 Å². The van der Waals surface area contributed by atoms with Crippen molar-refractivity contribution in [1.82, 2.24) is 9.21 Å². The van der Waals surface area contributed by atoms with Gasteiger partial charge in [-0.2, -0.15) is 4.31 Å². The number of aliphatic hydroxyl groups is 1. The summed E-state index contributed by atoms with van der Waals surface area (Å²) in [5.41, 5.74) is 0.932. The molecule has 0 spiro atoms. The Labute approximate surface area is 124 Å². The van der Waals surface area contributed by atoms with E-state index in [1.807, 2.05) is 11.8 Å². The highest BCUT2D eigenvalue weighted by atomic mass is 35.5. The highest BCUT2D eigenvalue weighted by molar-refractivity contribution is 7.89. The molecule has 0 amide bonds. The van der Waals surface area contributed by atoms with Crippen LogP contribution in [0.2, 0.25) is 5.02 Å². The van der Waals surface area contributed by atoms with E-state index < -0.39 is 10.0 Å². The predicted molar refractivity (Wildman–Crippen MR) is 78.5 cm³/mol. The molecule has 1 aliphatic rings. The second-order valence-electron chi connectivity index (χ2n) is 4.90. The van der Waals surface area contributed by atoms with E-state index in [0.29, 0.717) is 32.7 Å². The van der Waals surface area contributed by atoms with Gasteiger partial charge in [-0.1, -0.05) is 17.7 Å². The summed E-state index contributed by atoms with van der Waals surface area (Å²) in [6.07, 6.45) is 0. The lowest BCUT2D eigenvalue weighted by atomic mass is 10.2. The van der Waals surface area contributed by atoms with Gasteiger partial charge in [-0.3, -0.25) is 4.90 Å². The molecule has 0 atom stereocenters. The molecule has 7 heteroatoms. The lowest BCUT2D eigenvalue weighted by Gasteiger charge is -2.33. The summed E-state index contributed by atoms with van der Waals surface area (Å²) in [7, 11) is -3.54. The minimum absolute atomic E-state index is 0.0938. The molecule has 1 aromatic carbocycles. The summed E-state index contributed by atoms with van der Waals surface area (Å²) >= 11 is 6.06. The topological polar surface area (TPSA) is 60.9 Å². The molecule has 2 rings (SSSR count). The minimum Gasteiger partial charge on any atom is -0.395 e. The van der Waals surface area contributed by atoms with E-state index in [1.165, 1.54) is 4.31 Å². The van der Waals surface area contributed by atoms with Gasteiger partial charge in [0.25, 0.3) is 0 Å². The molecule has 5 nitrogen and oxygen atoms in total. The van der Waals surface area contributed by atoms with Crippen LogP contribution in [0, 0.1) is 6.92 Å². The molecular weight excluding hydrogens is 300 g/mol. The van der Waals surface area contributed by atoms with Gasteiger partial charge < -0.3 is 5.11 Å². The van der Waals surface area contributed by atoms with Crippen LogP contribution < -0.4 is 0 Å². The van der Waals surface area contributed by atoms with Gasteiger partial charge in [-0.25, -0.2) is 8.42 Å². The summed E-state index contributed by atoms with van der Waals surface area (Å²) in [6.45, 7) is 4.65. The number of sulfonamides is 1. The van der Waals surface area contributed by atoms with Crippen molar-refractivity contribution in [3.8, 4) is 0 Å². The quantitative estimate of drug-likeness (QED) is 0.898. The van der Waals surface area contributed by atoms with Gasteiger partial charge in [0.05, 0.1) is 11.6 Å². The Morgan fingerprint density at radius 2 is 1.90 bits per heavy atom. The normalized spacial score (nSPS) is 18.4. The largest absolute Gasteiger partial charge is 0.395 e. The van der Waals surface area contributed by atoms with Crippen LogP contribution >= 0.6 is 11.6 Å². The molecule has 1 aromatic rings. The predicted octanol–water partition coefficient (Wildman–Crippen LogP) is 0.947. The average molecular weight is 319 g/mol. The Morgan fingerprint density at radius 3 is 2.45 bits per heavy atom. The van der Waals surface area contributed by atoms with Crippen molar-refractivity contribution in [2.45, 2.75) is 11.8 Å². The number of rotatable bonds is 4. The van der Waals surface area contributed by atoms with Crippen LogP contribution in [0.5, 0.6) is 0 Å². The van der Waals surface area contributed by atoms with Crippen LogP contribution in [0.15, 0.2) is 23.1 Å². The second kappa shape index (κ2) is 6.41. The summed E-state index contributed by atoms with van der Waals surface area (Å²) in [5, 5.41) is 9.16. The maximum absolute atomic E-state index is 12.6. The number of piperazine rings is 1. The van der Waals surface area contributed by atoms with E-state index >= 15 is 0 Å². The summed E-state index contributed by atoms with van der Waals surface area (Å²) < 4.78 is 26.6. The van der Waals surface area contributed by atoms with Gasteiger partial charge in [-0.15, -0.1) is 0 Å². The third-order valence-corrected chi connectivity index (χ3v) is 5.83. The Kier molecular flexibility index (Phi) is 5.04. The molecular formula is C13H19ClN2O3S.